The third-order valence-corrected chi connectivity index (χ3v) is 6.52. The van der Waals surface area contributed by atoms with Crippen molar-refractivity contribution in [3.8, 4) is 0 Å². The standard InChI is InChI=1S/C25H28N2OSi/c1-19-17-23-18-22(15-16-27(23)26-19)25(28-29-24(2,3)4,20-11-7-5-8-12-20)21-13-9-6-10-14-21/h5-18H,29H2,1-4H3. The van der Waals surface area contributed by atoms with Crippen LogP contribution in [0.5, 0.6) is 0 Å². The van der Waals surface area contributed by atoms with Crippen molar-refractivity contribution in [2.45, 2.75) is 38.3 Å². The second-order valence-corrected chi connectivity index (χ2v) is 11.5. The lowest BCUT2D eigenvalue weighted by Gasteiger charge is -2.38. The van der Waals surface area contributed by atoms with Gasteiger partial charge in [0.25, 0.3) is 0 Å². The summed E-state index contributed by atoms with van der Waals surface area (Å²) in [7, 11) is -0.855. The number of aromatic nitrogens is 2. The normalized spacial score (nSPS) is 12.8. The van der Waals surface area contributed by atoms with Crippen molar-refractivity contribution in [2.24, 2.45) is 0 Å². The number of hydrogen-bond acceptors (Lipinski definition) is 2. The largest absolute Gasteiger partial charge is 0.406 e. The van der Waals surface area contributed by atoms with Crippen LogP contribution in [-0.4, -0.2) is 19.4 Å². The monoisotopic (exact) mass is 400 g/mol. The van der Waals surface area contributed by atoms with Crippen LogP contribution in [0.3, 0.4) is 0 Å². The number of rotatable bonds is 5. The van der Waals surface area contributed by atoms with Crippen molar-refractivity contribution in [1.82, 2.24) is 9.61 Å². The van der Waals surface area contributed by atoms with Gasteiger partial charge in [0.05, 0.1) is 11.2 Å². The first-order chi connectivity index (χ1) is 13.9. The molecule has 148 valence electrons. The molecule has 0 aliphatic rings. The van der Waals surface area contributed by atoms with Crippen molar-refractivity contribution in [1.29, 1.82) is 0 Å². The van der Waals surface area contributed by atoms with Crippen molar-refractivity contribution in [3.05, 3.63) is 107 Å². The van der Waals surface area contributed by atoms with Crippen LogP contribution in [-0.2, 0) is 10.0 Å². The Hall–Kier alpha value is -2.69. The summed E-state index contributed by atoms with van der Waals surface area (Å²) in [6, 6.07) is 27.7. The molecule has 0 spiro atoms. The average molecular weight is 401 g/mol. The van der Waals surface area contributed by atoms with E-state index in [1.807, 2.05) is 17.6 Å². The molecule has 29 heavy (non-hydrogen) atoms. The number of aryl methyl sites for hydroxylation is 1. The smallest absolute Gasteiger partial charge is 0.169 e. The molecule has 0 saturated carbocycles. The number of benzene rings is 2. The minimum absolute atomic E-state index is 0.173. The van der Waals surface area contributed by atoms with Crippen LogP contribution in [0.25, 0.3) is 5.52 Å². The molecule has 2 aromatic heterocycles. The third kappa shape index (κ3) is 3.91. The second-order valence-electron chi connectivity index (χ2n) is 8.83. The van der Waals surface area contributed by atoms with Crippen molar-refractivity contribution in [2.75, 3.05) is 0 Å². The lowest BCUT2D eigenvalue weighted by Crippen LogP contribution is -2.36. The Labute approximate surface area is 175 Å². The Morgan fingerprint density at radius 2 is 1.38 bits per heavy atom. The van der Waals surface area contributed by atoms with E-state index in [1.165, 1.54) is 0 Å². The predicted molar refractivity (Wildman–Crippen MR) is 122 cm³/mol. The van der Waals surface area contributed by atoms with Gasteiger partial charge in [-0.1, -0.05) is 81.4 Å². The number of nitrogens with zero attached hydrogens (tertiary/aromatic N) is 2. The van der Waals surface area contributed by atoms with Gasteiger partial charge in [0.15, 0.2) is 9.76 Å². The van der Waals surface area contributed by atoms with Gasteiger partial charge in [0.1, 0.15) is 5.60 Å². The predicted octanol–water partition coefficient (Wildman–Crippen LogP) is 5.25. The molecule has 0 unspecified atom stereocenters. The maximum Gasteiger partial charge on any atom is 0.169 e. The summed E-state index contributed by atoms with van der Waals surface area (Å²) in [5.74, 6) is 0. The summed E-state index contributed by atoms with van der Waals surface area (Å²) in [5.41, 5.74) is 4.91. The molecule has 4 aromatic rings. The van der Waals surface area contributed by atoms with Gasteiger partial charge >= 0.3 is 0 Å². The van der Waals surface area contributed by atoms with Crippen LogP contribution < -0.4 is 0 Å². The van der Waals surface area contributed by atoms with E-state index >= 15 is 0 Å². The Balaban J connectivity index is 1.99. The van der Waals surface area contributed by atoms with Gasteiger partial charge in [-0.15, -0.1) is 0 Å². The van der Waals surface area contributed by atoms with Crippen molar-refractivity contribution >= 4 is 15.3 Å². The summed E-state index contributed by atoms with van der Waals surface area (Å²) >= 11 is 0. The quantitative estimate of drug-likeness (QED) is 0.428. The minimum atomic E-state index is -0.855. The molecule has 0 fully saturated rings. The fourth-order valence-electron chi connectivity index (χ4n) is 3.76. The molecule has 0 bridgehead atoms. The third-order valence-electron chi connectivity index (χ3n) is 5.07. The Kier molecular flexibility index (Phi) is 5.15. The van der Waals surface area contributed by atoms with Gasteiger partial charge in [0.2, 0.25) is 0 Å². The fraction of sp³-hybridized carbons (Fsp3) is 0.240. The second kappa shape index (κ2) is 7.62. The van der Waals surface area contributed by atoms with Crippen LogP contribution in [0.15, 0.2) is 85.1 Å². The Morgan fingerprint density at radius 3 is 1.93 bits per heavy atom. The number of hydrogen-bond donors (Lipinski definition) is 0. The molecule has 2 heterocycles. The molecular weight excluding hydrogens is 372 g/mol. The molecular formula is C25H28N2OSi. The zero-order chi connectivity index (χ0) is 20.5. The van der Waals surface area contributed by atoms with Crippen LogP contribution in [0.1, 0.15) is 43.2 Å². The highest BCUT2D eigenvalue weighted by Crippen LogP contribution is 2.42. The molecule has 0 aliphatic carbocycles. The van der Waals surface area contributed by atoms with Crippen molar-refractivity contribution < 1.29 is 4.43 Å². The molecule has 0 radical (unpaired) electrons. The van der Waals surface area contributed by atoms with Crippen LogP contribution in [0.2, 0.25) is 5.04 Å². The molecule has 0 saturated heterocycles. The van der Waals surface area contributed by atoms with Gasteiger partial charge in [-0.05, 0) is 46.9 Å². The fourth-order valence-corrected chi connectivity index (χ4v) is 4.91. The molecule has 0 atom stereocenters. The molecule has 0 N–H and O–H groups in total. The van der Waals surface area contributed by atoms with E-state index in [9.17, 15) is 0 Å². The van der Waals surface area contributed by atoms with Gasteiger partial charge in [-0.25, -0.2) is 4.52 Å². The highest BCUT2D eigenvalue weighted by atomic mass is 28.2. The first-order valence-corrected chi connectivity index (χ1v) is 11.4. The number of pyridine rings is 1. The highest BCUT2D eigenvalue weighted by molar-refractivity contribution is 6.32. The SMILES string of the molecule is Cc1cc2cc(C(O[SiH2]C(C)(C)C)(c3ccccc3)c3ccccc3)ccn2n1. The molecule has 0 amide bonds. The highest BCUT2D eigenvalue weighted by Gasteiger charge is 2.38. The Morgan fingerprint density at radius 1 is 0.793 bits per heavy atom. The number of fused-ring (bicyclic) bond motifs is 1. The Bertz CT molecular complexity index is 1060. The van der Waals surface area contributed by atoms with E-state index < -0.39 is 15.4 Å². The zero-order valence-electron chi connectivity index (χ0n) is 17.6. The molecule has 2 aromatic carbocycles. The van der Waals surface area contributed by atoms with Crippen LogP contribution in [0.4, 0.5) is 0 Å². The summed E-state index contributed by atoms with van der Waals surface area (Å²) in [4.78, 5) is 0. The van der Waals surface area contributed by atoms with E-state index in [0.717, 1.165) is 27.9 Å². The zero-order valence-corrected chi connectivity index (χ0v) is 19.0. The molecule has 4 rings (SSSR count). The van der Waals surface area contributed by atoms with Crippen molar-refractivity contribution in [3.63, 3.8) is 0 Å². The first-order valence-electron chi connectivity index (χ1n) is 10.1. The van der Waals surface area contributed by atoms with Gasteiger partial charge in [-0.2, -0.15) is 5.10 Å². The van der Waals surface area contributed by atoms with Gasteiger partial charge in [-0.3, -0.25) is 0 Å². The van der Waals surface area contributed by atoms with E-state index in [-0.39, 0.29) is 5.04 Å². The summed E-state index contributed by atoms with van der Waals surface area (Å²) in [6.07, 6.45) is 2.04. The lowest BCUT2D eigenvalue weighted by atomic mass is 9.80. The summed E-state index contributed by atoms with van der Waals surface area (Å²) in [6.45, 7) is 8.83. The van der Waals surface area contributed by atoms with Gasteiger partial charge in [0, 0.05) is 6.20 Å². The first kappa shape index (κ1) is 19.6. The van der Waals surface area contributed by atoms with Crippen LogP contribution >= 0.6 is 0 Å². The topological polar surface area (TPSA) is 26.5 Å². The summed E-state index contributed by atoms with van der Waals surface area (Å²) in [5, 5.41) is 4.72. The van der Waals surface area contributed by atoms with Crippen LogP contribution in [0, 0.1) is 6.92 Å². The lowest BCUT2D eigenvalue weighted by molar-refractivity contribution is 0.157. The molecule has 3 nitrogen and oxygen atoms in total. The minimum Gasteiger partial charge on any atom is -0.406 e. The summed E-state index contributed by atoms with van der Waals surface area (Å²) < 4.78 is 8.95. The molecule has 4 heteroatoms. The van der Waals surface area contributed by atoms with Gasteiger partial charge < -0.3 is 4.43 Å². The van der Waals surface area contributed by atoms with E-state index in [0.29, 0.717) is 0 Å². The van der Waals surface area contributed by atoms with E-state index in [4.69, 9.17) is 4.43 Å². The maximum absolute atomic E-state index is 7.02. The maximum atomic E-state index is 7.02. The van der Waals surface area contributed by atoms with E-state index in [2.05, 4.69) is 105 Å². The van der Waals surface area contributed by atoms with E-state index in [1.54, 1.807) is 0 Å². The molecule has 0 aliphatic heterocycles. The average Bonchev–Trinajstić information content (AvgIpc) is 3.09.